The number of esters is 4. The summed E-state index contributed by atoms with van der Waals surface area (Å²) >= 11 is 0. The van der Waals surface area contributed by atoms with E-state index in [0.717, 1.165) is 108 Å². The van der Waals surface area contributed by atoms with Crippen molar-refractivity contribution in [2.75, 3.05) is 39.6 Å². The lowest BCUT2D eigenvalue weighted by molar-refractivity contribution is -0.161. The van der Waals surface area contributed by atoms with Crippen molar-refractivity contribution in [1.29, 1.82) is 0 Å². The number of aliphatic hydroxyl groups excluding tert-OH is 1. The molecule has 0 amide bonds. The number of aliphatic hydroxyl groups is 1. The molecular weight excluding hydrogens is 1090 g/mol. The van der Waals surface area contributed by atoms with E-state index in [2.05, 4.69) is 48.5 Å². The molecule has 3 N–H and O–H groups in total. The Morgan fingerprint density at radius 1 is 0.354 bits per heavy atom. The van der Waals surface area contributed by atoms with Crippen molar-refractivity contribution in [1.82, 2.24) is 0 Å². The van der Waals surface area contributed by atoms with E-state index in [4.69, 9.17) is 37.0 Å². The van der Waals surface area contributed by atoms with Crippen LogP contribution in [0.2, 0.25) is 0 Å². The molecule has 82 heavy (non-hydrogen) atoms. The second kappa shape index (κ2) is 54.5. The molecule has 0 aliphatic carbocycles. The lowest BCUT2D eigenvalue weighted by atomic mass is 10.00. The monoisotopic (exact) mass is 1210 g/mol. The van der Waals surface area contributed by atoms with Gasteiger partial charge in [0, 0.05) is 25.7 Å². The topological polar surface area (TPSA) is 237 Å². The number of rotatable bonds is 61. The van der Waals surface area contributed by atoms with Gasteiger partial charge in [0.25, 0.3) is 0 Å². The van der Waals surface area contributed by atoms with Crippen LogP contribution in [0.4, 0.5) is 0 Å². The van der Waals surface area contributed by atoms with E-state index >= 15 is 0 Å². The molecule has 486 valence electrons. The highest BCUT2D eigenvalue weighted by atomic mass is 31.2. The molecule has 0 saturated carbocycles. The van der Waals surface area contributed by atoms with E-state index in [9.17, 15) is 43.2 Å². The molecule has 0 bridgehead atoms. The van der Waals surface area contributed by atoms with Crippen molar-refractivity contribution in [2.45, 2.75) is 324 Å². The zero-order valence-corrected chi connectivity index (χ0v) is 54.7. The number of phosphoric acid groups is 2. The first-order valence-electron chi connectivity index (χ1n) is 32.9. The highest BCUT2D eigenvalue weighted by Gasteiger charge is 2.30. The molecule has 0 aliphatic rings. The normalized spacial score (nSPS) is 14.7. The van der Waals surface area contributed by atoms with E-state index in [0.29, 0.717) is 31.6 Å². The van der Waals surface area contributed by atoms with Crippen molar-refractivity contribution < 1.29 is 80.2 Å². The molecule has 0 rings (SSSR count). The Kier molecular flexibility index (Phi) is 53.2. The van der Waals surface area contributed by atoms with Crippen LogP contribution < -0.4 is 0 Å². The minimum absolute atomic E-state index is 0.102. The first-order valence-corrected chi connectivity index (χ1v) is 35.9. The van der Waals surface area contributed by atoms with E-state index in [-0.39, 0.29) is 25.7 Å². The van der Waals surface area contributed by atoms with Gasteiger partial charge in [-0.2, -0.15) is 0 Å². The van der Waals surface area contributed by atoms with Crippen molar-refractivity contribution in [3.8, 4) is 0 Å². The Labute approximate surface area is 498 Å². The number of hydrogen-bond acceptors (Lipinski definition) is 15. The van der Waals surface area contributed by atoms with E-state index in [1.807, 2.05) is 0 Å². The summed E-state index contributed by atoms with van der Waals surface area (Å²) in [7, 11) is -9.89. The predicted octanol–water partition coefficient (Wildman–Crippen LogP) is 17.1. The average molecular weight is 1210 g/mol. The van der Waals surface area contributed by atoms with Gasteiger partial charge in [-0.3, -0.25) is 37.3 Å². The minimum Gasteiger partial charge on any atom is -0.462 e. The average Bonchev–Trinajstić information content (AvgIpc) is 3.43. The van der Waals surface area contributed by atoms with Crippen LogP contribution in [0.5, 0.6) is 0 Å². The van der Waals surface area contributed by atoms with E-state index in [1.54, 1.807) is 0 Å². The van der Waals surface area contributed by atoms with E-state index in [1.165, 1.54) is 109 Å². The number of hydrogen-bond donors (Lipinski definition) is 3. The van der Waals surface area contributed by atoms with Crippen LogP contribution in [0.25, 0.3) is 0 Å². The van der Waals surface area contributed by atoms with Crippen molar-refractivity contribution in [2.24, 2.45) is 17.8 Å². The lowest BCUT2D eigenvalue weighted by Crippen LogP contribution is -2.30. The zero-order valence-electron chi connectivity index (χ0n) is 52.9. The van der Waals surface area contributed by atoms with E-state index < -0.39 is 97.5 Å². The molecule has 0 saturated heterocycles. The maximum absolute atomic E-state index is 13.0. The van der Waals surface area contributed by atoms with Gasteiger partial charge in [0.2, 0.25) is 0 Å². The van der Waals surface area contributed by atoms with Gasteiger partial charge in [-0.1, -0.05) is 254 Å². The van der Waals surface area contributed by atoms with Crippen molar-refractivity contribution in [3.05, 3.63) is 0 Å². The van der Waals surface area contributed by atoms with Gasteiger partial charge in [-0.15, -0.1) is 0 Å². The number of phosphoric ester groups is 2. The summed E-state index contributed by atoms with van der Waals surface area (Å²) in [6, 6.07) is 0. The number of carbonyl (C=O) groups is 4. The van der Waals surface area contributed by atoms with Gasteiger partial charge in [0.1, 0.15) is 19.3 Å². The third-order valence-electron chi connectivity index (χ3n) is 14.7. The van der Waals surface area contributed by atoms with Gasteiger partial charge in [-0.25, -0.2) is 9.13 Å². The number of unbranched alkanes of at least 4 members (excludes halogenated alkanes) is 28. The Morgan fingerprint density at radius 2 is 0.622 bits per heavy atom. The van der Waals surface area contributed by atoms with Crippen LogP contribution in [0, 0.1) is 17.8 Å². The Hall–Kier alpha value is -1.94. The zero-order chi connectivity index (χ0) is 61.0. The smallest absolute Gasteiger partial charge is 0.462 e. The quantitative estimate of drug-likeness (QED) is 0.0222. The summed E-state index contributed by atoms with van der Waals surface area (Å²) in [5.74, 6) is 0.00414. The fourth-order valence-electron chi connectivity index (χ4n) is 9.27. The molecule has 0 aromatic carbocycles. The molecule has 3 unspecified atom stereocenters. The summed E-state index contributed by atoms with van der Waals surface area (Å²) in [6.45, 7) is 11.6. The number of ether oxygens (including phenoxy) is 4. The lowest BCUT2D eigenvalue weighted by Gasteiger charge is -2.21. The molecule has 0 fully saturated rings. The Morgan fingerprint density at radius 3 is 0.927 bits per heavy atom. The maximum Gasteiger partial charge on any atom is 0.472 e. The van der Waals surface area contributed by atoms with Crippen LogP contribution in [0.3, 0.4) is 0 Å². The van der Waals surface area contributed by atoms with Crippen LogP contribution in [-0.4, -0.2) is 96.7 Å². The molecular formula is C63H122O17P2. The summed E-state index contributed by atoms with van der Waals surface area (Å²) in [6.07, 6.45) is 34.9. The largest absolute Gasteiger partial charge is 0.472 e. The summed E-state index contributed by atoms with van der Waals surface area (Å²) in [5, 5.41) is 10.5. The first-order chi connectivity index (χ1) is 39.3. The van der Waals surface area contributed by atoms with Gasteiger partial charge in [-0.05, 0) is 43.4 Å². The molecule has 17 nitrogen and oxygen atoms in total. The third kappa shape index (κ3) is 55.9. The minimum atomic E-state index is -4.94. The molecule has 19 heteroatoms. The summed E-state index contributed by atoms with van der Waals surface area (Å²) in [4.78, 5) is 72.1. The molecule has 6 atom stereocenters. The van der Waals surface area contributed by atoms with Gasteiger partial charge in [0.05, 0.1) is 26.4 Å². The standard InChI is InChI=1S/C63H122O17P2/c1-8-10-11-12-13-14-15-16-22-30-37-44-60(65)73-50-58(79-62(67)46-39-32-23-18-17-20-27-34-41-54(3)4)52-77-81(69,70)75-48-57(64)49-76-82(71,72)78-53-59(80-63(68)47-40-33-24-19-21-28-35-42-55(5)6)51-74-61(66)45-38-31-26-25-29-36-43-56(7)9-2/h54-59,64H,8-53H2,1-7H3,(H,69,70)(H,71,72)/t56?,57-,58-,59-/m1/s1. The Balaban J connectivity index is 5.25. The van der Waals surface area contributed by atoms with Gasteiger partial charge < -0.3 is 33.8 Å². The maximum atomic E-state index is 13.0. The molecule has 0 heterocycles. The van der Waals surface area contributed by atoms with Crippen molar-refractivity contribution >= 4 is 39.5 Å². The molecule has 0 radical (unpaired) electrons. The Bertz CT molecular complexity index is 1630. The SMILES string of the molecule is CCCCCCCCCCCCCC(=O)OC[C@H](COP(=O)(O)OC[C@@H](O)COP(=O)(O)OC[C@@H](COC(=O)CCCCCCCCC(C)CC)OC(=O)CCCCCCCCCC(C)C)OC(=O)CCCCCCCCCCC(C)C. The second-order valence-corrected chi connectivity index (χ2v) is 26.9. The third-order valence-corrected chi connectivity index (χ3v) is 16.6. The molecule has 0 aromatic rings. The van der Waals surface area contributed by atoms with Crippen LogP contribution >= 0.6 is 15.6 Å². The van der Waals surface area contributed by atoms with Crippen LogP contribution in [0.15, 0.2) is 0 Å². The molecule has 0 aliphatic heterocycles. The molecule has 0 aromatic heterocycles. The fourth-order valence-corrected chi connectivity index (χ4v) is 10.9. The summed E-state index contributed by atoms with van der Waals surface area (Å²) in [5.41, 5.74) is 0. The first kappa shape index (κ1) is 80.1. The predicted molar refractivity (Wildman–Crippen MR) is 326 cm³/mol. The van der Waals surface area contributed by atoms with Crippen LogP contribution in [-0.2, 0) is 65.4 Å². The number of carbonyl (C=O) groups excluding carboxylic acids is 4. The fraction of sp³-hybridized carbons (Fsp3) is 0.937. The van der Waals surface area contributed by atoms with Crippen molar-refractivity contribution in [3.63, 3.8) is 0 Å². The second-order valence-electron chi connectivity index (χ2n) is 24.0. The van der Waals surface area contributed by atoms with Crippen LogP contribution in [0.1, 0.15) is 305 Å². The van der Waals surface area contributed by atoms with Gasteiger partial charge >= 0.3 is 39.5 Å². The summed E-state index contributed by atoms with van der Waals surface area (Å²) < 4.78 is 67.9. The molecule has 0 spiro atoms. The van der Waals surface area contributed by atoms with Gasteiger partial charge in [0.15, 0.2) is 12.2 Å². The highest BCUT2D eigenvalue weighted by molar-refractivity contribution is 7.47. The highest BCUT2D eigenvalue weighted by Crippen LogP contribution is 2.45.